The highest BCUT2D eigenvalue weighted by atomic mass is 35.5. The molecule has 0 aliphatic carbocycles. The Balaban J connectivity index is 2.22. The molecule has 0 amide bonds. The average molecular weight is 299 g/mol. The van der Waals surface area contributed by atoms with Gasteiger partial charge in [0.2, 0.25) is 5.28 Å². The zero-order valence-corrected chi connectivity index (χ0v) is 12.3. The fourth-order valence-electron chi connectivity index (χ4n) is 1.67. The van der Waals surface area contributed by atoms with E-state index in [9.17, 15) is 4.39 Å². The van der Waals surface area contributed by atoms with Gasteiger partial charge in [0.25, 0.3) is 0 Å². The smallest absolute Gasteiger partial charge is 0.224 e. The first kappa shape index (κ1) is 14.6. The molecule has 1 unspecified atom stereocenters. The van der Waals surface area contributed by atoms with Crippen LogP contribution in [0, 0.1) is 11.2 Å². The van der Waals surface area contributed by atoms with Gasteiger partial charge in [0.05, 0.1) is 25.0 Å². The summed E-state index contributed by atoms with van der Waals surface area (Å²) in [5.74, 6) is -0.452. The van der Waals surface area contributed by atoms with Crippen molar-refractivity contribution < 1.29 is 4.39 Å². The van der Waals surface area contributed by atoms with Crippen LogP contribution in [0.4, 0.5) is 10.2 Å². The molecule has 2 aromatic heterocycles. The third kappa shape index (κ3) is 3.63. The summed E-state index contributed by atoms with van der Waals surface area (Å²) in [6, 6.07) is -0.107. The largest absolute Gasteiger partial charge is 0.362 e. The highest BCUT2D eigenvalue weighted by Gasteiger charge is 2.26. The number of hydrogen-bond acceptors (Lipinski definition) is 5. The Labute approximate surface area is 121 Å². The summed E-state index contributed by atoms with van der Waals surface area (Å²) in [6.07, 6.45) is 4.40. The lowest BCUT2D eigenvalue weighted by Crippen LogP contribution is -2.38. The van der Waals surface area contributed by atoms with Crippen LogP contribution in [-0.4, -0.2) is 31.0 Å². The van der Waals surface area contributed by atoms with Crippen molar-refractivity contribution in [2.24, 2.45) is 5.41 Å². The molecule has 8 heteroatoms. The van der Waals surface area contributed by atoms with Crippen molar-refractivity contribution in [1.82, 2.24) is 25.0 Å². The standard InChI is InChI=1S/C12H16ClFN6/c1-12(2,3)9(7-20-5-4-16-19-20)17-10-8(14)6-15-11(13)18-10/h4-6,9H,7H2,1-3H3,(H,15,17,18). The minimum Gasteiger partial charge on any atom is -0.362 e. The topological polar surface area (TPSA) is 68.5 Å². The first-order valence-electron chi connectivity index (χ1n) is 6.15. The lowest BCUT2D eigenvalue weighted by molar-refractivity contribution is 0.299. The van der Waals surface area contributed by atoms with Crippen molar-refractivity contribution >= 4 is 17.4 Å². The Morgan fingerprint density at radius 1 is 1.45 bits per heavy atom. The number of anilines is 1. The third-order valence-electron chi connectivity index (χ3n) is 2.91. The molecular weight excluding hydrogens is 283 g/mol. The van der Waals surface area contributed by atoms with Crippen molar-refractivity contribution in [2.75, 3.05) is 5.32 Å². The van der Waals surface area contributed by atoms with E-state index in [1.165, 1.54) is 0 Å². The van der Waals surface area contributed by atoms with Crippen LogP contribution in [0.5, 0.6) is 0 Å². The highest BCUT2D eigenvalue weighted by molar-refractivity contribution is 6.28. The molecule has 20 heavy (non-hydrogen) atoms. The van der Waals surface area contributed by atoms with Gasteiger partial charge >= 0.3 is 0 Å². The Hall–Kier alpha value is -1.76. The van der Waals surface area contributed by atoms with E-state index in [-0.39, 0.29) is 22.6 Å². The van der Waals surface area contributed by atoms with Crippen LogP contribution in [0.3, 0.4) is 0 Å². The maximum atomic E-state index is 13.7. The highest BCUT2D eigenvalue weighted by Crippen LogP contribution is 2.25. The number of hydrogen-bond donors (Lipinski definition) is 1. The van der Waals surface area contributed by atoms with Crippen LogP contribution in [0.15, 0.2) is 18.6 Å². The number of rotatable bonds is 4. The third-order valence-corrected chi connectivity index (χ3v) is 3.09. The van der Waals surface area contributed by atoms with Gasteiger partial charge < -0.3 is 5.32 Å². The van der Waals surface area contributed by atoms with E-state index in [1.54, 1.807) is 17.1 Å². The van der Waals surface area contributed by atoms with Gasteiger partial charge in [-0.3, -0.25) is 4.68 Å². The minimum atomic E-state index is -0.540. The number of nitrogens with zero attached hydrogens (tertiary/aromatic N) is 5. The Kier molecular flexibility index (Phi) is 4.17. The lowest BCUT2D eigenvalue weighted by Gasteiger charge is -2.31. The fraction of sp³-hybridized carbons (Fsp3) is 0.500. The molecule has 0 aliphatic rings. The van der Waals surface area contributed by atoms with Crippen LogP contribution in [0.1, 0.15) is 20.8 Å². The second-order valence-corrected chi connectivity index (χ2v) is 5.86. The fourth-order valence-corrected chi connectivity index (χ4v) is 1.80. The van der Waals surface area contributed by atoms with Gasteiger partial charge in [0, 0.05) is 6.20 Å². The normalized spacial score (nSPS) is 13.2. The summed E-state index contributed by atoms with van der Waals surface area (Å²) in [5, 5.41) is 10.8. The number of aromatic nitrogens is 5. The number of halogens is 2. The summed E-state index contributed by atoms with van der Waals surface area (Å²) in [5.41, 5.74) is -0.143. The van der Waals surface area contributed by atoms with Crippen molar-refractivity contribution in [3.63, 3.8) is 0 Å². The molecule has 2 aromatic rings. The van der Waals surface area contributed by atoms with Gasteiger partial charge in [0.1, 0.15) is 0 Å². The summed E-state index contributed by atoms with van der Waals surface area (Å²) in [7, 11) is 0. The maximum Gasteiger partial charge on any atom is 0.224 e. The Morgan fingerprint density at radius 2 is 2.20 bits per heavy atom. The molecule has 1 atom stereocenters. The van der Waals surface area contributed by atoms with E-state index >= 15 is 0 Å². The molecule has 6 nitrogen and oxygen atoms in total. The molecule has 0 bridgehead atoms. The van der Waals surface area contributed by atoms with E-state index in [1.807, 2.05) is 20.8 Å². The van der Waals surface area contributed by atoms with Crippen molar-refractivity contribution in [3.05, 3.63) is 29.7 Å². The monoisotopic (exact) mass is 298 g/mol. The van der Waals surface area contributed by atoms with Crippen molar-refractivity contribution in [3.8, 4) is 0 Å². The molecular formula is C12H16ClFN6. The lowest BCUT2D eigenvalue weighted by atomic mass is 9.86. The summed E-state index contributed by atoms with van der Waals surface area (Å²) in [4.78, 5) is 7.47. The quantitative estimate of drug-likeness (QED) is 0.878. The van der Waals surface area contributed by atoms with E-state index in [2.05, 4.69) is 25.6 Å². The van der Waals surface area contributed by atoms with Gasteiger partial charge in [-0.1, -0.05) is 26.0 Å². The molecule has 0 spiro atoms. The Bertz CT molecular complexity index is 566. The minimum absolute atomic E-state index is 0.00214. The van der Waals surface area contributed by atoms with Crippen LogP contribution < -0.4 is 5.32 Å². The van der Waals surface area contributed by atoms with Gasteiger partial charge in [-0.25, -0.2) is 9.37 Å². The average Bonchev–Trinajstić information content (AvgIpc) is 2.84. The molecule has 0 fully saturated rings. The second-order valence-electron chi connectivity index (χ2n) is 5.52. The van der Waals surface area contributed by atoms with E-state index in [0.717, 1.165) is 6.20 Å². The van der Waals surface area contributed by atoms with E-state index in [0.29, 0.717) is 6.54 Å². The molecule has 0 aliphatic heterocycles. The molecule has 1 N–H and O–H groups in total. The zero-order valence-electron chi connectivity index (χ0n) is 11.5. The van der Waals surface area contributed by atoms with Crippen molar-refractivity contribution in [1.29, 1.82) is 0 Å². The summed E-state index contributed by atoms with van der Waals surface area (Å²) >= 11 is 5.70. The molecule has 108 valence electrons. The first-order valence-corrected chi connectivity index (χ1v) is 6.53. The van der Waals surface area contributed by atoms with Crippen LogP contribution in [0.2, 0.25) is 5.28 Å². The van der Waals surface area contributed by atoms with Gasteiger partial charge in [0.15, 0.2) is 11.6 Å². The Morgan fingerprint density at radius 3 is 2.80 bits per heavy atom. The first-order chi connectivity index (χ1) is 9.36. The predicted octanol–water partition coefficient (Wildman–Crippen LogP) is 2.39. The van der Waals surface area contributed by atoms with Crippen molar-refractivity contribution in [2.45, 2.75) is 33.4 Å². The maximum absolute atomic E-state index is 13.7. The van der Waals surface area contributed by atoms with E-state index < -0.39 is 5.82 Å². The van der Waals surface area contributed by atoms with Gasteiger partial charge in [-0.2, -0.15) is 4.98 Å². The summed E-state index contributed by atoms with van der Waals surface area (Å²) < 4.78 is 15.4. The molecule has 0 aromatic carbocycles. The zero-order chi connectivity index (χ0) is 14.8. The van der Waals surface area contributed by atoms with Crippen LogP contribution in [-0.2, 0) is 6.54 Å². The van der Waals surface area contributed by atoms with Gasteiger partial charge in [-0.15, -0.1) is 5.10 Å². The van der Waals surface area contributed by atoms with Crippen LogP contribution in [0.25, 0.3) is 0 Å². The second kappa shape index (κ2) is 5.70. The predicted molar refractivity (Wildman–Crippen MR) is 73.9 cm³/mol. The molecule has 2 heterocycles. The molecule has 0 saturated heterocycles. The van der Waals surface area contributed by atoms with Gasteiger partial charge in [-0.05, 0) is 17.0 Å². The molecule has 2 rings (SSSR count). The summed E-state index contributed by atoms with van der Waals surface area (Å²) in [6.45, 7) is 6.66. The number of nitrogens with one attached hydrogen (secondary N) is 1. The molecule has 0 saturated carbocycles. The van der Waals surface area contributed by atoms with E-state index in [4.69, 9.17) is 11.6 Å². The molecule has 0 radical (unpaired) electrons. The van der Waals surface area contributed by atoms with Crippen LogP contribution >= 0.6 is 11.6 Å². The SMILES string of the molecule is CC(C)(C)C(Cn1ccnn1)Nc1nc(Cl)ncc1F.